The second-order valence-electron chi connectivity index (χ2n) is 6.97. The Labute approximate surface area is 126 Å². The maximum absolute atomic E-state index is 12.8. The Kier molecular flexibility index (Phi) is 4.39. The molecule has 2 bridgehead atoms. The molecule has 3 atom stereocenters. The van der Waals surface area contributed by atoms with Gasteiger partial charge in [-0.15, -0.1) is 0 Å². The van der Waals surface area contributed by atoms with Crippen molar-refractivity contribution in [2.45, 2.75) is 32.1 Å². The smallest absolute Gasteiger partial charge is 0.151 e. The van der Waals surface area contributed by atoms with Gasteiger partial charge in [-0.25, -0.2) is 4.39 Å². The van der Waals surface area contributed by atoms with Crippen LogP contribution in [-0.4, -0.2) is 30.8 Å². The lowest BCUT2D eigenvalue weighted by Gasteiger charge is -2.26. The first kappa shape index (κ1) is 14.7. The third-order valence-electron chi connectivity index (χ3n) is 5.19. The van der Waals surface area contributed by atoms with Crippen LogP contribution < -0.4 is 0 Å². The van der Waals surface area contributed by atoms with Gasteiger partial charge in [-0.1, -0.05) is 18.6 Å². The highest BCUT2D eigenvalue weighted by atomic mass is 19.1. The highest BCUT2D eigenvalue weighted by Gasteiger charge is 2.39. The summed E-state index contributed by atoms with van der Waals surface area (Å²) in [6, 6.07) is 6.23. The van der Waals surface area contributed by atoms with Crippen LogP contribution in [0, 0.1) is 23.6 Å². The topological polar surface area (TPSA) is 20.3 Å². The first-order valence-corrected chi connectivity index (χ1v) is 8.05. The second-order valence-corrected chi connectivity index (χ2v) is 6.97. The summed E-state index contributed by atoms with van der Waals surface area (Å²) in [5.41, 5.74) is 0.898. The molecular weight excluding hydrogens is 265 g/mol. The number of hydrogen-bond acceptors (Lipinski definition) is 2. The normalized spacial score (nSPS) is 27.5. The summed E-state index contributed by atoms with van der Waals surface area (Å²) in [6.45, 7) is 1.56. The average molecular weight is 289 g/mol. The van der Waals surface area contributed by atoms with Gasteiger partial charge in [0.15, 0.2) is 5.78 Å². The number of benzene rings is 1. The molecular formula is C18H24FNO. The Morgan fingerprint density at radius 3 is 2.62 bits per heavy atom. The number of hydrogen-bond donors (Lipinski definition) is 0. The van der Waals surface area contributed by atoms with Gasteiger partial charge in [-0.2, -0.15) is 0 Å². The van der Waals surface area contributed by atoms with Gasteiger partial charge in [0, 0.05) is 13.0 Å². The third kappa shape index (κ3) is 3.70. The number of rotatable bonds is 6. The van der Waals surface area contributed by atoms with E-state index in [1.54, 1.807) is 12.1 Å². The largest absolute Gasteiger partial charge is 0.299 e. The molecule has 2 nitrogen and oxygen atoms in total. The van der Waals surface area contributed by atoms with E-state index in [-0.39, 0.29) is 11.6 Å². The lowest BCUT2D eigenvalue weighted by atomic mass is 9.88. The number of carbonyl (C=O) groups excluding carboxylic acids is 1. The predicted molar refractivity (Wildman–Crippen MR) is 81.5 cm³/mol. The van der Waals surface area contributed by atoms with E-state index in [0.29, 0.717) is 13.0 Å². The molecule has 3 heteroatoms. The number of nitrogens with zero attached hydrogens (tertiary/aromatic N) is 1. The molecule has 0 spiro atoms. The van der Waals surface area contributed by atoms with Crippen LogP contribution in [-0.2, 0) is 11.2 Å². The Morgan fingerprint density at radius 2 is 2.00 bits per heavy atom. The summed E-state index contributed by atoms with van der Waals surface area (Å²) >= 11 is 0. The monoisotopic (exact) mass is 289 g/mol. The molecule has 0 heterocycles. The van der Waals surface area contributed by atoms with E-state index in [2.05, 4.69) is 11.9 Å². The molecule has 2 saturated carbocycles. The third-order valence-corrected chi connectivity index (χ3v) is 5.19. The van der Waals surface area contributed by atoms with E-state index in [0.717, 1.165) is 29.9 Å². The molecule has 114 valence electrons. The predicted octanol–water partition coefficient (Wildman–Crippen LogP) is 3.31. The van der Waals surface area contributed by atoms with Gasteiger partial charge in [0.25, 0.3) is 0 Å². The molecule has 0 aromatic heterocycles. The van der Waals surface area contributed by atoms with E-state index in [9.17, 15) is 9.18 Å². The van der Waals surface area contributed by atoms with E-state index in [1.165, 1.54) is 37.8 Å². The van der Waals surface area contributed by atoms with Crippen molar-refractivity contribution in [2.24, 2.45) is 17.8 Å². The molecule has 2 aliphatic carbocycles. The standard InChI is InChI=1S/C18H24FNO/c1-20(11-16-9-14-2-5-15(16)8-14)12-18(21)10-13-3-6-17(19)7-4-13/h3-4,6-7,14-16H,2,5,8-12H2,1H3. The van der Waals surface area contributed by atoms with Gasteiger partial charge < -0.3 is 0 Å². The zero-order chi connectivity index (χ0) is 14.8. The van der Waals surface area contributed by atoms with E-state index in [1.807, 2.05) is 0 Å². The SMILES string of the molecule is CN(CC(=O)Cc1ccc(F)cc1)CC1CC2CCC1C2. The molecule has 2 aliphatic rings. The van der Waals surface area contributed by atoms with E-state index in [4.69, 9.17) is 0 Å². The summed E-state index contributed by atoms with van der Waals surface area (Å²) in [5, 5.41) is 0. The minimum absolute atomic E-state index is 0.215. The van der Waals surface area contributed by atoms with E-state index < -0.39 is 0 Å². The van der Waals surface area contributed by atoms with Crippen molar-refractivity contribution in [2.75, 3.05) is 20.1 Å². The number of Topliss-reactive ketones (excluding diaryl/α,β-unsaturated/α-hetero) is 1. The summed E-state index contributed by atoms with van der Waals surface area (Å²) in [5.74, 6) is 2.63. The zero-order valence-electron chi connectivity index (χ0n) is 12.7. The van der Waals surface area contributed by atoms with Crippen molar-refractivity contribution < 1.29 is 9.18 Å². The van der Waals surface area contributed by atoms with Crippen LogP contribution in [0.2, 0.25) is 0 Å². The van der Waals surface area contributed by atoms with Gasteiger partial charge in [-0.3, -0.25) is 9.69 Å². The highest BCUT2D eigenvalue weighted by Crippen LogP contribution is 2.48. The van der Waals surface area contributed by atoms with Gasteiger partial charge in [0.2, 0.25) is 0 Å². The van der Waals surface area contributed by atoms with Crippen molar-refractivity contribution in [3.05, 3.63) is 35.6 Å². The van der Waals surface area contributed by atoms with Gasteiger partial charge >= 0.3 is 0 Å². The van der Waals surface area contributed by atoms with Crippen LogP contribution in [0.25, 0.3) is 0 Å². The van der Waals surface area contributed by atoms with Crippen molar-refractivity contribution in [1.82, 2.24) is 4.90 Å². The molecule has 0 saturated heterocycles. The van der Waals surface area contributed by atoms with E-state index >= 15 is 0 Å². The maximum Gasteiger partial charge on any atom is 0.151 e. The molecule has 1 aromatic rings. The first-order valence-electron chi connectivity index (χ1n) is 8.05. The Morgan fingerprint density at radius 1 is 1.24 bits per heavy atom. The summed E-state index contributed by atoms with van der Waals surface area (Å²) in [6.07, 6.45) is 6.01. The molecule has 0 aliphatic heterocycles. The Balaban J connectivity index is 1.45. The van der Waals surface area contributed by atoms with Crippen LogP contribution in [0.1, 0.15) is 31.2 Å². The zero-order valence-corrected chi connectivity index (χ0v) is 12.7. The van der Waals surface area contributed by atoms with Crippen molar-refractivity contribution in [1.29, 1.82) is 0 Å². The van der Waals surface area contributed by atoms with Crippen LogP contribution in [0.4, 0.5) is 4.39 Å². The van der Waals surface area contributed by atoms with Gasteiger partial charge in [0.05, 0.1) is 6.54 Å². The molecule has 1 aromatic carbocycles. The minimum Gasteiger partial charge on any atom is -0.299 e. The number of halogens is 1. The van der Waals surface area contributed by atoms with Crippen LogP contribution >= 0.6 is 0 Å². The number of likely N-dealkylation sites (N-methyl/N-ethyl adjacent to an activating group) is 1. The van der Waals surface area contributed by atoms with Crippen LogP contribution in [0.3, 0.4) is 0 Å². The Bertz CT molecular complexity index is 498. The van der Waals surface area contributed by atoms with Gasteiger partial charge in [0.1, 0.15) is 5.82 Å². The lowest BCUT2D eigenvalue weighted by molar-refractivity contribution is -0.119. The average Bonchev–Trinajstić information content (AvgIpc) is 3.03. The molecule has 3 rings (SSSR count). The molecule has 0 radical (unpaired) electrons. The van der Waals surface area contributed by atoms with Crippen molar-refractivity contribution >= 4 is 5.78 Å². The fourth-order valence-corrected chi connectivity index (χ4v) is 4.25. The number of ketones is 1. The second kappa shape index (κ2) is 6.27. The minimum atomic E-state index is -0.250. The molecule has 3 unspecified atom stereocenters. The fraction of sp³-hybridized carbons (Fsp3) is 0.611. The van der Waals surface area contributed by atoms with Crippen molar-refractivity contribution in [3.8, 4) is 0 Å². The summed E-state index contributed by atoms with van der Waals surface area (Å²) in [4.78, 5) is 14.3. The molecule has 0 amide bonds. The molecule has 2 fully saturated rings. The molecule has 0 N–H and O–H groups in total. The Hall–Kier alpha value is -1.22. The van der Waals surface area contributed by atoms with Gasteiger partial charge in [-0.05, 0) is 61.8 Å². The lowest BCUT2D eigenvalue weighted by Crippen LogP contribution is -2.33. The maximum atomic E-state index is 12.8. The van der Waals surface area contributed by atoms with Crippen LogP contribution in [0.5, 0.6) is 0 Å². The van der Waals surface area contributed by atoms with Crippen molar-refractivity contribution in [3.63, 3.8) is 0 Å². The summed E-state index contributed by atoms with van der Waals surface area (Å²) < 4.78 is 12.8. The highest BCUT2D eigenvalue weighted by molar-refractivity contribution is 5.82. The number of carbonyl (C=O) groups is 1. The summed E-state index contributed by atoms with van der Waals surface area (Å²) in [7, 11) is 2.05. The quantitative estimate of drug-likeness (QED) is 0.801. The van der Waals surface area contributed by atoms with Crippen LogP contribution in [0.15, 0.2) is 24.3 Å². The fourth-order valence-electron chi connectivity index (χ4n) is 4.25. The molecule has 21 heavy (non-hydrogen) atoms. The number of fused-ring (bicyclic) bond motifs is 2. The first-order chi connectivity index (χ1) is 10.1.